The predicted octanol–water partition coefficient (Wildman–Crippen LogP) is 3.84. The second kappa shape index (κ2) is 7.75. The summed E-state index contributed by atoms with van der Waals surface area (Å²) in [6.45, 7) is 3.98. The van der Waals surface area contributed by atoms with E-state index in [1.165, 1.54) is 16.7 Å². The molecule has 1 heterocycles. The van der Waals surface area contributed by atoms with E-state index in [-0.39, 0.29) is 5.91 Å². The highest BCUT2D eigenvalue weighted by Crippen LogP contribution is 2.35. The van der Waals surface area contributed by atoms with Gasteiger partial charge in [-0.1, -0.05) is 73.6 Å². The van der Waals surface area contributed by atoms with E-state index in [0.29, 0.717) is 15.6 Å². The lowest BCUT2D eigenvalue weighted by molar-refractivity contribution is -0.145. The standard InChI is InChI=1S/C17H19NO3S2/c1-3-4-5-13(16(20)21)18-15(19)14(23-17(18)22)10-12-8-6-11(2)7-9-12/h6-10,13H,3-5H2,1-2H3,(H,20,21)/b14-10-/t13-/m0/s1. The average Bonchev–Trinajstić information content (AvgIpc) is 2.77. The Kier molecular flexibility index (Phi) is 5.96. The van der Waals surface area contributed by atoms with E-state index in [0.717, 1.165) is 24.0 Å². The summed E-state index contributed by atoms with van der Waals surface area (Å²) in [5.41, 5.74) is 2.04. The van der Waals surface area contributed by atoms with Gasteiger partial charge in [0.05, 0.1) is 4.91 Å². The summed E-state index contributed by atoms with van der Waals surface area (Å²) in [4.78, 5) is 25.8. The van der Waals surface area contributed by atoms with Crippen molar-refractivity contribution in [1.82, 2.24) is 4.90 Å². The van der Waals surface area contributed by atoms with Gasteiger partial charge >= 0.3 is 5.97 Å². The average molecular weight is 349 g/mol. The summed E-state index contributed by atoms with van der Waals surface area (Å²) >= 11 is 6.41. The van der Waals surface area contributed by atoms with Crippen LogP contribution in [0.5, 0.6) is 0 Å². The van der Waals surface area contributed by atoms with Gasteiger partial charge < -0.3 is 5.11 Å². The van der Waals surface area contributed by atoms with Crippen LogP contribution in [0.3, 0.4) is 0 Å². The zero-order valence-electron chi connectivity index (χ0n) is 13.1. The fraction of sp³-hybridized carbons (Fsp3) is 0.353. The number of thiocarbonyl (C=S) groups is 1. The van der Waals surface area contributed by atoms with Crippen LogP contribution in [-0.4, -0.2) is 32.2 Å². The molecule has 4 nitrogen and oxygen atoms in total. The number of unbranched alkanes of at least 4 members (excludes halogenated alkanes) is 1. The molecule has 0 radical (unpaired) electrons. The fourth-order valence-electron chi connectivity index (χ4n) is 2.32. The third kappa shape index (κ3) is 4.20. The maximum Gasteiger partial charge on any atom is 0.326 e. The van der Waals surface area contributed by atoms with Crippen LogP contribution in [0.25, 0.3) is 6.08 Å². The second-order valence-corrected chi connectivity index (χ2v) is 7.13. The molecule has 1 saturated heterocycles. The number of nitrogens with zero attached hydrogens (tertiary/aromatic N) is 1. The molecule has 23 heavy (non-hydrogen) atoms. The number of amides is 1. The molecule has 1 N–H and O–H groups in total. The molecule has 1 atom stereocenters. The Labute approximate surface area is 145 Å². The summed E-state index contributed by atoms with van der Waals surface area (Å²) in [7, 11) is 0. The first kappa shape index (κ1) is 17.7. The lowest BCUT2D eigenvalue weighted by Gasteiger charge is -2.22. The van der Waals surface area contributed by atoms with E-state index in [9.17, 15) is 14.7 Å². The van der Waals surface area contributed by atoms with Gasteiger partial charge in [-0.25, -0.2) is 4.79 Å². The minimum Gasteiger partial charge on any atom is -0.480 e. The Morgan fingerprint density at radius 3 is 2.61 bits per heavy atom. The van der Waals surface area contributed by atoms with E-state index in [1.54, 1.807) is 6.08 Å². The first-order valence-electron chi connectivity index (χ1n) is 7.50. The van der Waals surface area contributed by atoms with Crippen LogP contribution in [0.2, 0.25) is 0 Å². The van der Waals surface area contributed by atoms with Crippen LogP contribution in [0.15, 0.2) is 29.2 Å². The highest BCUT2D eigenvalue weighted by molar-refractivity contribution is 8.26. The van der Waals surface area contributed by atoms with E-state index in [2.05, 4.69) is 0 Å². The quantitative estimate of drug-likeness (QED) is 0.625. The van der Waals surface area contributed by atoms with Gasteiger partial charge in [-0.05, 0) is 25.0 Å². The van der Waals surface area contributed by atoms with Crippen molar-refractivity contribution in [2.45, 2.75) is 39.2 Å². The van der Waals surface area contributed by atoms with Gasteiger partial charge in [-0.2, -0.15) is 0 Å². The number of aryl methyl sites for hydroxylation is 1. The first-order chi connectivity index (χ1) is 10.9. The zero-order valence-corrected chi connectivity index (χ0v) is 14.7. The summed E-state index contributed by atoms with van der Waals surface area (Å²) < 4.78 is 0.317. The van der Waals surface area contributed by atoms with Crippen molar-refractivity contribution in [3.8, 4) is 0 Å². The Morgan fingerprint density at radius 2 is 2.04 bits per heavy atom. The number of carbonyl (C=O) groups excluding carboxylic acids is 1. The molecule has 1 fully saturated rings. The number of aliphatic carboxylic acids is 1. The Bertz CT molecular complexity index is 652. The van der Waals surface area contributed by atoms with Crippen LogP contribution in [-0.2, 0) is 9.59 Å². The van der Waals surface area contributed by atoms with Gasteiger partial charge in [0.25, 0.3) is 5.91 Å². The monoisotopic (exact) mass is 349 g/mol. The number of carbonyl (C=O) groups is 2. The Morgan fingerprint density at radius 1 is 1.39 bits per heavy atom. The molecular weight excluding hydrogens is 330 g/mol. The number of carboxylic acids is 1. The highest BCUT2D eigenvalue weighted by Gasteiger charge is 2.40. The minimum atomic E-state index is -1.01. The van der Waals surface area contributed by atoms with Crippen LogP contribution in [0.4, 0.5) is 0 Å². The number of rotatable bonds is 6. The van der Waals surface area contributed by atoms with Crippen molar-refractivity contribution in [1.29, 1.82) is 0 Å². The van der Waals surface area contributed by atoms with Gasteiger partial charge in [0.15, 0.2) is 0 Å². The number of thioether (sulfide) groups is 1. The molecule has 1 aliphatic heterocycles. The van der Waals surface area contributed by atoms with E-state index in [1.807, 2.05) is 38.1 Å². The molecule has 0 saturated carbocycles. The van der Waals surface area contributed by atoms with Crippen LogP contribution >= 0.6 is 24.0 Å². The van der Waals surface area contributed by atoms with Gasteiger partial charge in [0, 0.05) is 0 Å². The number of hydrogen-bond acceptors (Lipinski definition) is 4. The van der Waals surface area contributed by atoms with Crippen molar-refractivity contribution in [2.75, 3.05) is 0 Å². The molecular formula is C17H19NO3S2. The smallest absolute Gasteiger partial charge is 0.326 e. The van der Waals surface area contributed by atoms with Crippen LogP contribution in [0, 0.1) is 6.92 Å². The molecule has 0 aliphatic carbocycles. The molecule has 1 amide bonds. The minimum absolute atomic E-state index is 0.316. The van der Waals surface area contributed by atoms with Gasteiger partial charge in [0.1, 0.15) is 10.4 Å². The highest BCUT2D eigenvalue weighted by atomic mass is 32.2. The molecule has 1 aliphatic rings. The van der Waals surface area contributed by atoms with Crippen molar-refractivity contribution in [2.24, 2.45) is 0 Å². The first-order valence-corrected chi connectivity index (χ1v) is 8.73. The molecule has 0 unspecified atom stereocenters. The molecule has 1 aromatic carbocycles. The molecule has 6 heteroatoms. The normalized spacial score (nSPS) is 17.8. The molecule has 2 rings (SSSR count). The zero-order chi connectivity index (χ0) is 17.0. The maximum atomic E-state index is 12.6. The molecule has 0 bridgehead atoms. The number of hydrogen-bond donors (Lipinski definition) is 1. The summed E-state index contributed by atoms with van der Waals surface area (Å²) in [6.07, 6.45) is 3.79. The van der Waals surface area contributed by atoms with Crippen molar-refractivity contribution in [3.63, 3.8) is 0 Å². The fourth-order valence-corrected chi connectivity index (χ4v) is 3.68. The third-order valence-corrected chi connectivity index (χ3v) is 4.96. The van der Waals surface area contributed by atoms with Crippen molar-refractivity contribution >= 4 is 46.3 Å². The van der Waals surface area contributed by atoms with Gasteiger partial charge in [0.2, 0.25) is 0 Å². The summed E-state index contributed by atoms with van der Waals surface area (Å²) in [5, 5.41) is 9.42. The van der Waals surface area contributed by atoms with Crippen molar-refractivity contribution < 1.29 is 14.7 Å². The van der Waals surface area contributed by atoms with Crippen LogP contribution in [0.1, 0.15) is 37.3 Å². The van der Waals surface area contributed by atoms with Crippen molar-refractivity contribution in [3.05, 3.63) is 40.3 Å². The lowest BCUT2D eigenvalue weighted by atomic mass is 10.1. The number of carboxylic acid groups (broad SMARTS) is 1. The van der Waals surface area contributed by atoms with E-state index >= 15 is 0 Å². The maximum absolute atomic E-state index is 12.6. The third-order valence-electron chi connectivity index (χ3n) is 3.63. The largest absolute Gasteiger partial charge is 0.480 e. The van der Waals surface area contributed by atoms with Gasteiger partial charge in [-0.15, -0.1) is 0 Å². The SMILES string of the molecule is CCCC[C@@H](C(=O)O)N1C(=O)/C(=C/c2ccc(C)cc2)SC1=S. The summed E-state index contributed by atoms with van der Waals surface area (Å²) in [6, 6.07) is 6.90. The predicted molar refractivity (Wildman–Crippen MR) is 97.1 cm³/mol. The molecule has 0 spiro atoms. The lowest BCUT2D eigenvalue weighted by Crippen LogP contribution is -2.43. The van der Waals surface area contributed by atoms with Gasteiger partial charge in [-0.3, -0.25) is 9.69 Å². The molecule has 122 valence electrons. The topological polar surface area (TPSA) is 57.6 Å². The Balaban J connectivity index is 2.24. The van der Waals surface area contributed by atoms with E-state index in [4.69, 9.17) is 12.2 Å². The second-order valence-electron chi connectivity index (χ2n) is 5.46. The van der Waals surface area contributed by atoms with Crippen LogP contribution < -0.4 is 0 Å². The van der Waals surface area contributed by atoms with E-state index < -0.39 is 12.0 Å². The molecule has 0 aromatic heterocycles. The summed E-state index contributed by atoms with van der Waals surface area (Å²) in [5.74, 6) is -1.32. The molecule has 1 aromatic rings. The number of benzene rings is 1. The Hall–Kier alpha value is -1.66.